The number of alkyl halides is 1. The van der Waals surface area contributed by atoms with E-state index in [9.17, 15) is 0 Å². The summed E-state index contributed by atoms with van der Waals surface area (Å²) < 4.78 is 10.7. The van der Waals surface area contributed by atoms with Crippen molar-refractivity contribution >= 4 is 11.6 Å². The second-order valence-electron chi connectivity index (χ2n) is 3.55. The molecule has 0 rings (SSSR count). The summed E-state index contributed by atoms with van der Waals surface area (Å²) in [5, 5.41) is 0. The van der Waals surface area contributed by atoms with Crippen LogP contribution in [-0.2, 0) is 9.47 Å². The predicted octanol–water partition coefficient (Wildman–Crippen LogP) is 2.16. The van der Waals surface area contributed by atoms with E-state index in [4.69, 9.17) is 21.1 Å². The van der Waals surface area contributed by atoms with Gasteiger partial charge in [0.1, 0.15) is 0 Å². The third kappa shape index (κ3) is 9.16. The lowest BCUT2D eigenvalue weighted by Crippen LogP contribution is -2.33. The Labute approximate surface area is 104 Å². The maximum absolute atomic E-state index is 5.73. The van der Waals surface area contributed by atoms with Crippen molar-refractivity contribution in [3.8, 4) is 0 Å². The lowest BCUT2D eigenvalue weighted by molar-refractivity contribution is 0.0868. The molecule has 0 saturated carbocycles. The summed E-state index contributed by atoms with van der Waals surface area (Å²) >= 11 is 5.73. The van der Waals surface area contributed by atoms with Gasteiger partial charge >= 0.3 is 0 Å². The van der Waals surface area contributed by atoms with Gasteiger partial charge in [-0.1, -0.05) is 6.58 Å². The Morgan fingerprint density at radius 3 is 2.00 bits per heavy atom. The van der Waals surface area contributed by atoms with Crippen molar-refractivity contribution in [1.29, 1.82) is 0 Å². The van der Waals surface area contributed by atoms with Crippen molar-refractivity contribution in [2.75, 3.05) is 51.9 Å². The minimum atomic E-state index is 0.514. The lowest BCUT2D eigenvalue weighted by atomic mass is 10.3. The van der Waals surface area contributed by atoms with Crippen molar-refractivity contribution in [3.63, 3.8) is 0 Å². The summed E-state index contributed by atoms with van der Waals surface area (Å²) in [5.41, 5.74) is 1.04. The predicted molar refractivity (Wildman–Crippen MR) is 69.3 cm³/mol. The van der Waals surface area contributed by atoms with E-state index in [1.807, 2.05) is 13.8 Å². The number of halogens is 1. The zero-order valence-electron chi connectivity index (χ0n) is 10.5. The van der Waals surface area contributed by atoms with E-state index in [0.717, 1.165) is 51.6 Å². The minimum Gasteiger partial charge on any atom is -0.380 e. The van der Waals surface area contributed by atoms with Gasteiger partial charge in [0.25, 0.3) is 0 Å². The van der Waals surface area contributed by atoms with Crippen LogP contribution in [0.3, 0.4) is 0 Å². The third-order valence-corrected chi connectivity index (χ3v) is 2.53. The first kappa shape index (κ1) is 15.9. The van der Waals surface area contributed by atoms with Crippen LogP contribution in [0.4, 0.5) is 0 Å². The monoisotopic (exact) mass is 249 g/mol. The van der Waals surface area contributed by atoms with E-state index < -0.39 is 0 Å². The van der Waals surface area contributed by atoms with Crippen LogP contribution in [0.5, 0.6) is 0 Å². The van der Waals surface area contributed by atoms with Crippen molar-refractivity contribution < 1.29 is 9.47 Å². The highest BCUT2D eigenvalue weighted by Gasteiger charge is 2.06. The van der Waals surface area contributed by atoms with Crippen LogP contribution in [0.25, 0.3) is 0 Å². The molecule has 96 valence electrons. The molecule has 0 radical (unpaired) electrons. The summed E-state index contributed by atoms with van der Waals surface area (Å²) in [6, 6.07) is 0. The van der Waals surface area contributed by atoms with E-state index in [-0.39, 0.29) is 0 Å². The first-order chi connectivity index (χ1) is 7.74. The van der Waals surface area contributed by atoms with Gasteiger partial charge in [-0.05, 0) is 19.4 Å². The van der Waals surface area contributed by atoms with Crippen LogP contribution in [-0.4, -0.2) is 56.8 Å². The highest BCUT2D eigenvalue weighted by Crippen LogP contribution is 1.99. The molecular formula is C12H24ClNO2. The van der Waals surface area contributed by atoms with Gasteiger partial charge in [0.05, 0.1) is 13.2 Å². The molecule has 0 aliphatic rings. The highest BCUT2D eigenvalue weighted by atomic mass is 35.5. The highest BCUT2D eigenvalue weighted by molar-refractivity contribution is 6.19. The Morgan fingerprint density at radius 1 is 1.12 bits per heavy atom. The molecule has 0 fully saturated rings. The Kier molecular flexibility index (Phi) is 11.3. The van der Waals surface area contributed by atoms with Crippen LogP contribution in [0.2, 0.25) is 0 Å². The van der Waals surface area contributed by atoms with Gasteiger partial charge in [-0.15, -0.1) is 11.6 Å². The molecule has 0 aromatic carbocycles. The summed E-state index contributed by atoms with van der Waals surface area (Å²) in [4.78, 5) is 2.26. The smallest absolute Gasteiger partial charge is 0.0593 e. The SMILES string of the molecule is C=C(CCl)CN(CCOCC)CCOCC. The van der Waals surface area contributed by atoms with Crippen LogP contribution < -0.4 is 0 Å². The number of hydrogen-bond donors (Lipinski definition) is 0. The van der Waals surface area contributed by atoms with Gasteiger partial charge in [-0.2, -0.15) is 0 Å². The molecule has 0 N–H and O–H groups in total. The van der Waals surface area contributed by atoms with Gasteiger partial charge in [-0.25, -0.2) is 0 Å². The van der Waals surface area contributed by atoms with Gasteiger partial charge in [0.2, 0.25) is 0 Å². The van der Waals surface area contributed by atoms with Crippen LogP contribution in [0.15, 0.2) is 12.2 Å². The fourth-order valence-electron chi connectivity index (χ4n) is 1.30. The van der Waals surface area contributed by atoms with Gasteiger partial charge in [0, 0.05) is 38.7 Å². The summed E-state index contributed by atoms with van der Waals surface area (Å²) in [6.07, 6.45) is 0. The second-order valence-corrected chi connectivity index (χ2v) is 3.82. The fourth-order valence-corrected chi connectivity index (χ4v) is 1.39. The van der Waals surface area contributed by atoms with Gasteiger partial charge in [-0.3, -0.25) is 4.90 Å². The van der Waals surface area contributed by atoms with E-state index in [1.54, 1.807) is 0 Å². The molecule has 0 aromatic heterocycles. The molecule has 0 aliphatic carbocycles. The van der Waals surface area contributed by atoms with E-state index >= 15 is 0 Å². The Hall–Kier alpha value is -0.0900. The van der Waals surface area contributed by atoms with E-state index in [2.05, 4.69) is 11.5 Å². The number of rotatable bonds is 11. The molecule has 3 nitrogen and oxygen atoms in total. The molecule has 0 aliphatic heterocycles. The molecule has 0 heterocycles. The van der Waals surface area contributed by atoms with Gasteiger partial charge < -0.3 is 9.47 Å². The normalized spacial score (nSPS) is 11.0. The van der Waals surface area contributed by atoms with Crippen molar-refractivity contribution in [2.24, 2.45) is 0 Å². The zero-order chi connectivity index (χ0) is 12.2. The second kappa shape index (κ2) is 11.4. The molecule has 0 spiro atoms. The summed E-state index contributed by atoms with van der Waals surface area (Å²) in [5.74, 6) is 0.514. The average molecular weight is 250 g/mol. The van der Waals surface area contributed by atoms with Crippen molar-refractivity contribution in [1.82, 2.24) is 4.90 Å². The number of hydrogen-bond acceptors (Lipinski definition) is 3. The van der Waals surface area contributed by atoms with Crippen LogP contribution in [0, 0.1) is 0 Å². The average Bonchev–Trinajstić information content (AvgIpc) is 2.29. The van der Waals surface area contributed by atoms with Crippen LogP contribution >= 0.6 is 11.6 Å². The number of ether oxygens (including phenoxy) is 2. The molecule has 0 bridgehead atoms. The van der Waals surface area contributed by atoms with Crippen molar-refractivity contribution in [3.05, 3.63) is 12.2 Å². The Morgan fingerprint density at radius 2 is 1.62 bits per heavy atom. The molecule has 0 saturated heterocycles. The fraction of sp³-hybridized carbons (Fsp3) is 0.833. The quantitative estimate of drug-likeness (QED) is 0.318. The first-order valence-corrected chi connectivity index (χ1v) is 6.38. The number of nitrogens with zero attached hydrogens (tertiary/aromatic N) is 1. The molecule has 0 atom stereocenters. The minimum absolute atomic E-state index is 0.514. The molecule has 0 amide bonds. The van der Waals surface area contributed by atoms with Crippen molar-refractivity contribution in [2.45, 2.75) is 13.8 Å². The molecular weight excluding hydrogens is 226 g/mol. The van der Waals surface area contributed by atoms with E-state index in [1.165, 1.54) is 0 Å². The van der Waals surface area contributed by atoms with Gasteiger partial charge in [0.15, 0.2) is 0 Å². The van der Waals surface area contributed by atoms with Crippen LogP contribution in [0.1, 0.15) is 13.8 Å². The molecule has 16 heavy (non-hydrogen) atoms. The summed E-state index contributed by atoms with van der Waals surface area (Å²) in [7, 11) is 0. The molecule has 0 aromatic rings. The molecule has 4 heteroatoms. The third-order valence-electron chi connectivity index (χ3n) is 2.15. The van der Waals surface area contributed by atoms with E-state index in [0.29, 0.717) is 5.88 Å². The summed E-state index contributed by atoms with van der Waals surface area (Å²) in [6.45, 7) is 13.6. The lowest BCUT2D eigenvalue weighted by Gasteiger charge is -2.22. The topological polar surface area (TPSA) is 21.7 Å². The first-order valence-electron chi connectivity index (χ1n) is 5.85. The standard InChI is InChI=1S/C12H24ClNO2/c1-4-15-8-6-14(7-9-16-5-2)11-12(3)10-13/h3-11H2,1-2H3. The Bertz CT molecular complexity index is 166. The molecule has 0 unspecified atom stereocenters. The maximum atomic E-state index is 5.73. The largest absolute Gasteiger partial charge is 0.380 e. The maximum Gasteiger partial charge on any atom is 0.0593 e. The Balaban J connectivity index is 3.80. The zero-order valence-corrected chi connectivity index (χ0v) is 11.3.